The number of benzene rings is 1. The largest absolute Gasteiger partial charge is 0.338 e. The third-order valence-corrected chi connectivity index (χ3v) is 3.04. The molecule has 0 aliphatic rings. The number of hydrogen-bond acceptors (Lipinski definition) is 2. The molecule has 0 aliphatic heterocycles. The molecule has 0 aliphatic carbocycles. The Morgan fingerprint density at radius 3 is 2.30 bits per heavy atom. The highest BCUT2D eigenvalue weighted by Crippen LogP contribution is 2.05. The molecule has 0 saturated carbocycles. The summed E-state index contributed by atoms with van der Waals surface area (Å²) in [6, 6.07) is 8.26. The quantitative estimate of drug-likeness (QED) is 0.718. The van der Waals surface area contributed by atoms with Crippen molar-refractivity contribution < 1.29 is 4.79 Å². The molecule has 0 bridgehead atoms. The molecule has 1 aromatic rings. The summed E-state index contributed by atoms with van der Waals surface area (Å²) < 4.78 is 0. The smallest absolute Gasteiger partial charge is 0.315 e. The molecule has 0 saturated heterocycles. The van der Waals surface area contributed by atoms with Gasteiger partial charge in [0.2, 0.25) is 0 Å². The summed E-state index contributed by atoms with van der Waals surface area (Å²) in [5, 5.41) is 5.74. The van der Waals surface area contributed by atoms with Crippen molar-refractivity contribution in [3.63, 3.8) is 0 Å². The maximum atomic E-state index is 11.6. The molecule has 4 nitrogen and oxygen atoms in total. The number of rotatable bonds is 8. The first kappa shape index (κ1) is 16.5. The van der Waals surface area contributed by atoms with Gasteiger partial charge in [0.05, 0.1) is 0 Å². The van der Waals surface area contributed by atoms with Crippen molar-refractivity contribution in [2.45, 2.75) is 39.3 Å². The highest BCUT2D eigenvalue weighted by atomic mass is 16.2. The number of carbonyl (C=O) groups excluding carboxylic acids is 1. The van der Waals surface area contributed by atoms with Crippen LogP contribution >= 0.6 is 0 Å². The Morgan fingerprint density at radius 2 is 1.70 bits per heavy atom. The highest BCUT2D eigenvalue weighted by molar-refractivity contribution is 5.73. The monoisotopic (exact) mass is 277 g/mol. The van der Waals surface area contributed by atoms with Gasteiger partial charge in [0.25, 0.3) is 0 Å². The van der Waals surface area contributed by atoms with Crippen LogP contribution in [-0.2, 0) is 13.1 Å². The van der Waals surface area contributed by atoms with Gasteiger partial charge in [-0.3, -0.25) is 0 Å². The van der Waals surface area contributed by atoms with Crippen molar-refractivity contribution in [2.75, 3.05) is 20.6 Å². The van der Waals surface area contributed by atoms with E-state index in [1.54, 1.807) is 0 Å². The summed E-state index contributed by atoms with van der Waals surface area (Å²) in [7, 11) is 4.11. The average Bonchev–Trinajstić information content (AvgIpc) is 2.42. The van der Waals surface area contributed by atoms with Crippen LogP contribution in [0.3, 0.4) is 0 Å². The van der Waals surface area contributed by atoms with Crippen molar-refractivity contribution in [3.05, 3.63) is 35.4 Å². The predicted molar refractivity (Wildman–Crippen MR) is 83.6 cm³/mol. The maximum Gasteiger partial charge on any atom is 0.315 e. The van der Waals surface area contributed by atoms with Crippen LogP contribution in [0.4, 0.5) is 4.79 Å². The number of hydrogen-bond donors (Lipinski definition) is 2. The number of urea groups is 1. The van der Waals surface area contributed by atoms with Crippen molar-refractivity contribution in [2.24, 2.45) is 0 Å². The van der Waals surface area contributed by atoms with E-state index in [9.17, 15) is 4.79 Å². The van der Waals surface area contributed by atoms with Gasteiger partial charge < -0.3 is 15.5 Å². The molecule has 0 fully saturated rings. The standard InChI is InChI=1S/C16H27N3O/c1-4-5-6-11-17-16(20)18-12-14-7-9-15(10-8-14)13-19(2)3/h7-10H,4-6,11-13H2,1-3H3,(H2,17,18,20). The van der Waals surface area contributed by atoms with Gasteiger partial charge in [-0.2, -0.15) is 0 Å². The van der Waals surface area contributed by atoms with E-state index in [0.717, 1.165) is 31.5 Å². The third-order valence-electron chi connectivity index (χ3n) is 3.04. The van der Waals surface area contributed by atoms with Crippen molar-refractivity contribution in [1.82, 2.24) is 15.5 Å². The average molecular weight is 277 g/mol. The van der Waals surface area contributed by atoms with Gasteiger partial charge in [-0.15, -0.1) is 0 Å². The Hall–Kier alpha value is -1.55. The van der Waals surface area contributed by atoms with Crippen LogP contribution in [-0.4, -0.2) is 31.6 Å². The lowest BCUT2D eigenvalue weighted by Gasteiger charge is -2.11. The summed E-state index contributed by atoms with van der Waals surface area (Å²) >= 11 is 0. The highest BCUT2D eigenvalue weighted by Gasteiger charge is 2.00. The van der Waals surface area contributed by atoms with Gasteiger partial charge in [0.15, 0.2) is 0 Å². The molecule has 2 amide bonds. The first-order chi connectivity index (χ1) is 9.61. The van der Waals surface area contributed by atoms with Gasteiger partial charge in [-0.05, 0) is 31.6 Å². The Bertz CT molecular complexity index is 387. The van der Waals surface area contributed by atoms with E-state index in [0.29, 0.717) is 6.54 Å². The predicted octanol–water partition coefficient (Wildman–Crippen LogP) is 2.74. The van der Waals surface area contributed by atoms with E-state index in [4.69, 9.17) is 0 Å². The zero-order chi connectivity index (χ0) is 14.8. The Labute approximate surface area is 122 Å². The van der Waals surface area contributed by atoms with Gasteiger partial charge in [0, 0.05) is 19.6 Å². The van der Waals surface area contributed by atoms with Gasteiger partial charge in [0.1, 0.15) is 0 Å². The SMILES string of the molecule is CCCCCNC(=O)NCc1ccc(CN(C)C)cc1. The first-order valence-electron chi connectivity index (χ1n) is 7.36. The molecule has 0 radical (unpaired) electrons. The minimum absolute atomic E-state index is 0.0847. The number of unbranched alkanes of at least 4 members (excludes halogenated alkanes) is 2. The fraction of sp³-hybridized carbons (Fsp3) is 0.562. The summed E-state index contributed by atoms with van der Waals surface area (Å²) in [6.45, 7) is 4.41. The fourth-order valence-corrected chi connectivity index (χ4v) is 1.95. The molecule has 2 N–H and O–H groups in total. The first-order valence-corrected chi connectivity index (χ1v) is 7.36. The summed E-state index contributed by atoms with van der Waals surface area (Å²) in [5.74, 6) is 0. The van der Waals surface area contributed by atoms with E-state index < -0.39 is 0 Å². The summed E-state index contributed by atoms with van der Waals surface area (Å²) in [6.07, 6.45) is 3.37. The van der Waals surface area contributed by atoms with Crippen LogP contribution in [0.5, 0.6) is 0 Å². The second kappa shape index (κ2) is 9.37. The zero-order valence-corrected chi connectivity index (χ0v) is 12.9. The second-order valence-electron chi connectivity index (χ2n) is 5.37. The van der Waals surface area contributed by atoms with E-state index in [1.165, 1.54) is 12.0 Å². The molecular weight excluding hydrogens is 250 g/mol. The van der Waals surface area contributed by atoms with Crippen LogP contribution in [0.1, 0.15) is 37.3 Å². The molecule has 0 atom stereocenters. The lowest BCUT2D eigenvalue weighted by molar-refractivity contribution is 0.240. The van der Waals surface area contributed by atoms with Gasteiger partial charge >= 0.3 is 6.03 Å². The van der Waals surface area contributed by atoms with Crippen LogP contribution in [0.15, 0.2) is 24.3 Å². The van der Waals surface area contributed by atoms with E-state index >= 15 is 0 Å². The number of amides is 2. The molecule has 0 aromatic heterocycles. The van der Waals surface area contributed by atoms with E-state index in [-0.39, 0.29) is 6.03 Å². The topological polar surface area (TPSA) is 44.4 Å². The zero-order valence-electron chi connectivity index (χ0n) is 12.9. The van der Waals surface area contributed by atoms with Crippen molar-refractivity contribution >= 4 is 6.03 Å². The molecule has 0 unspecified atom stereocenters. The molecule has 1 aromatic carbocycles. The van der Waals surface area contributed by atoms with Crippen LogP contribution < -0.4 is 10.6 Å². The minimum atomic E-state index is -0.0847. The van der Waals surface area contributed by atoms with Gasteiger partial charge in [-0.1, -0.05) is 44.0 Å². The van der Waals surface area contributed by atoms with Crippen LogP contribution in [0.2, 0.25) is 0 Å². The number of nitrogens with zero attached hydrogens (tertiary/aromatic N) is 1. The number of nitrogens with one attached hydrogen (secondary N) is 2. The van der Waals surface area contributed by atoms with Crippen molar-refractivity contribution in [1.29, 1.82) is 0 Å². The Morgan fingerprint density at radius 1 is 1.05 bits per heavy atom. The molecule has 1 rings (SSSR count). The lowest BCUT2D eigenvalue weighted by Crippen LogP contribution is -2.35. The second-order valence-corrected chi connectivity index (χ2v) is 5.37. The summed E-state index contributed by atoms with van der Waals surface area (Å²) in [5.41, 5.74) is 2.40. The minimum Gasteiger partial charge on any atom is -0.338 e. The molecule has 20 heavy (non-hydrogen) atoms. The molecule has 112 valence electrons. The normalized spacial score (nSPS) is 10.6. The molecule has 0 heterocycles. The Balaban J connectivity index is 2.25. The molecule has 4 heteroatoms. The molecular formula is C16H27N3O. The maximum absolute atomic E-state index is 11.6. The summed E-state index contributed by atoms with van der Waals surface area (Å²) in [4.78, 5) is 13.7. The lowest BCUT2D eigenvalue weighted by atomic mass is 10.1. The van der Waals surface area contributed by atoms with Gasteiger partial charge in [-0.25, -0.2) is 4.79 Å². The van der Waals surface area contributed by atoms with Crippen LogP contribution in [0, 0.1) is 0 Å². The van der Waals surface area contributed by atoms with E-state index in [2.05, 4.69) is 60.8 Å². The van der Waals surface area contributed by atoms with Crippen molar-refractivity contribution in [3.8, 4) is 0 Å². The number of carbonyl (C=O) groups is 1. The van der Waals surface area contributed by atoms with E-state index in [1.807, 2.05) is 0 Å². The fourth-order valence-electron chi connectivity index (χ4n) is 1.95. The Kier molecular flexibility index (Phi) is 7.73. The third kappa shape index (κ3) is 7.14. The van der Waals surface area contributed by atoms with Crippen LogP contribution in [0.25, 0.3) is 0 Å². The molecule has 0 spiro atoms.